The number of pyridine rings is 1. The first-order chi connectivity index (χ1) is 14.1. The van der Waals surface area contributed by atoms with Gasteiger partial charge in [0.2, 0.25) is 0 Å². The van der Waals surface area contributed by atoms with Gasteiger partial charge in [-0.3, -0.25) is 4.57 Å². The monoisotopic (exact) mass is 391 g/mol. The molecule has 7 heteroatoms. The van der Waals surface area contributed by atoms with Crippen LogP contribution in [0.5, 0.6) is 11.5 Å². The summed E-state index contributed by atoms with van der Waals surface area (Å²) in [5.41, 5.74) is 2.51. The van der Waals surface area contributed by atoms with Crippen molar-refractivity contribution >= 4 is 22.8 Å². The molecule has 0 bridgehead atoms. The number of fused-ring (bicyclic) bond motifs is 1. The highest BCUT2D eigenvalue weighted by atomic mass is 19.1. The molecule has 0 radical (unpaired) electrons. The first-order valence-electron chi connectivity index (χ1n) is 8.86. The second-order valence-electron chi connectivity index (χ2n) is 6.30. The van der Waals surface area contributed by atoms with Gasteiger partial charge in [-0.2, -0.15) is 0 Å². The first kappa shape index (κ1) is 18.5. The Kier molecular flexibility index (Phi) is 4.87. The molecule has 4 rings (SSSR count). The summed E-state index contributed by atoms with van der Waals surface area (Å²) in [4.78, 5) is 17.2. The minimum atomic E-state index is -0.439. The molecule has 0 spiro atoms. The van der Waals surface area contributed by atoms with E-state index >= 15 is 0 Å². The third kappa shape index (κ3) is 3.50. The number of benzene rings is 2. The van der Waals surface area contributed by atoms with Crippen LogP contribution in [0.3, 0.4) is 0 Å². The lowest BCUT2D eigenvalue weighted by Crippen LogP contribution is -2.18. The van der Waals surface area contributed by atoms with Crippen molar-refractivity contribution in [2.24, 2.45) is 0 Å². The fourth-order valence-corrected chi connectivity index (χ4v) is 3.20. The zero-order chi connectivity index (χ0) is 20.4. The van der Waals surface area contributed by atoms with Gasteiger partial charge in [-0.25, -0.2) is 14.2 Å². The average Bonchev–Trinajstić information content (AvgIpc) is 3.13. The molecule has 0 aliphatic rings. The minimum Gasteiger partial charge on any atom is -0.493 e. The molecular formula is C22H18FN3O3. The second kappa shape index (κ2) is 7.63. The van der Waals surface area contributed by atoms with E-state index in [2.05, 4.69) is 10.3 Å². The fraction of sp³-hybridized carbons (Fsp3) is 0.0909. The largest absolute Gasteiger partial charge is 0.493 e. The van der Waals surface area contributed by atoms with Gasteiger partial charge in [0.05, 0.1) is 14.2 Å². The Morgan fingerprint density at radius 2 is 1.86 bits per heavy atom. The molecule has 1 amide bonds. The molecule has 0 saturated carbocycles. The van der Waals surface area contributed by atoms with E-state index in [1.165, 1.54) is 22.8 Å². The molecule has 6 nitrogen and oxygen atoms in total. The van der Waals surface area contributed by atoms with Crippen LogP contribution in [0.1, 0.15) is 0 Å². The van der Waals surface area contributed by atoms with E-state index in [1.807, 2.05) is 18.2 Å². The molecule has 2 aromatic carbocycles. The number of ether oxygens (including phenoxy) is 2. The summed E-state index contributed by atoms with van der Waals surface area (Å²) in [6, 6.07) is 14.5. The van der Waals surface area contributed by atoms with E-state index in [0.29, 0.717) is 22.8 Å². The number of amides is 1. The number of nitrogens with zero attached hydrogens (tertiary/aromatic N) is 2. The molecular weight excluding hydrogens is 373 g/mol. The van der Waals surface area contributed by atoms with Crippen molar-refractivity contribution in [2.75, 3.05) is 19.5 Å². The molecule has 1 N–H and O–H groups in total. The van der Waals surface area contributed by atoms with Crippen molar-refractivity contribution in [2.45, 2.75) is 0 Å². The van der Waals surface area contributed by atoms with Crippen LogP contribution in [0.2, 0.25) is 0 Å². The predicted molar refractivity (Wildman–Crippen MR) is 109 cm³/mol. The van der Waals surface area contributed by atoms with Crippen molar-refractivity contribution in [3.8, 4) is 22.6 Å². The van der Waals surface area contributed by atoms with Crippen LogP contribution in [0.25, 0.3) is 22.2 Å². The standard InChI is InChI=1S/C22H18FN3O3/c1-28-19-9-8-14(11-20(19)29-2)18-13-26(21-17(18)7-4-10-24-21)22(27)25-16-6-3-5-15(23)12-16/h3-13H,1-2H3,(H,25,27). The lowest BCUT2D eigenvalue weighted by molar-refractivity contribution is 0.254. The number of nitrogens with one attached hydrogen (secondary N) is 1. The van der Waals surface area contributed by atoms with Crippen LogP contribution in [-0.2, 0) is 0 Å². The Hall–Kier alpha value is -3.87. The second-order valence-corrected chi connectivity index (χ2v) is 6.30. The average molecular weight is 391 g/mol. The lowest BCUT2D eigenvalue weighted by Gasteiger charge is -2.09. The minimum absolute atomic E-state index is 0.362. The Bertz CT molecular complexity index is 1200. The molecule has 0 aliphatic carbocycles. The van der Waals surface area contributed by atoms with Gasteiger partial charge in [0.1, 0.15) is 11.5 Å². The van der Waals surface area contributed by atoms with Gasteiger partial charge in [0, 0.05) is 29.0 Å². The number of anilines is 1. The summed E-state index contributed by atoms with van der Waals surface area (Å²) in [7, 11) is 3.14. The van der Waals surface area contributed by atoms with Gasteiger partial charge in [0.15, 0.2) is 11.5 Å². The van der Waals surface area contributed by atoms with E-state index in [1.54, 1.807) is 44.8 Å². The third-order valence-electron chi connectivity index (χ3n) is 4.55. The molecule has 0 aliphatic heterocycles. The van der Waals surface area contributed by atoms with Crippen LogP contribution in [0, 0.1) is 5.82 Å². The Balaban J connectivity index is 1.79. The SMILES string of the molecule is COc1ccc(-c2cn(C(=O)Nc3cccc(F)c3)c3ncccc23)cc1OC. The summed E-state index contributed by atoms with van der Waals surface area (Å²) >= 11 is 0. The zero-order valence-corrected chi connectivity index (χ0v) is 15.8. The van der Waals surface area contributed by atoms with Crippen molar-refractivity contribution in [1.82, 2.24) is 9.55 Å². The maximum absolute atomic E-state index is 13.4. The van der Waals surface area contributed by atoms with Crippen molar-refractivity contribution in [1.29, 1.82) is 0 Å². The summed E-state index contributed by atoms with van der Waals surface area (Å²) in [6.07, 6.45) is 3.32. The number of carbonyl (C=O) groups is 1. The number of hydrogen-bond donors (Lipinski definition) is 1. The van der Waals surface area contributed by atoms with E-state index < -0.39 is 11.8 Å². The summed E-state index contributed by atoms with van der Waals surface area (Å²) < 4.78 is 25.5. The number of aromatic nitrogens is 2. The molecule has 0 saturated heterocycles. The Labute approximate surface area is 166 Å². The van der Waals surface area contributed by atoms with Gasteiger partial charge < -0.3 is 14.8 Å². The van der Waals surface area contributed by atoms with Crippen molar-refractivity contribution in [3.05, 3.63) is 72.8 Å². The summed E-state index contributed by atoms with van der Waals surface area (Å²) in [5.74, 6) is 0.769. The van der Waals surface area contributed by atoms with Crippen LogP contribution in [0.15, 0.2) is 67.0 Å². The summed E-state index contributed by atoms with van der Waals surface area (Å²) in [5, 5.41) is 3.50. The third-order valence-corrected chi connectivity index (χ3v) is 4.55. The Morgan fingerprint density at radius 3 is 2.62 bits per heavy atom. The van der Waals surface area contributed by atoms with Gasteiger partial charge in [-0.05, 0) is 48.0 Å². The lowest BCUT2D eigenvalue weighted by atomic mass is 10.1. The highest BCUT2D eigenvalue weighted by molar-refractivity contribution is 6.03. The number of methoxy groups -OCH3 is 2. The zero-order valence-electron chi connectivity index (χ0n) is 15.8. The normalized spacial score (nSPS) is 10.7. The van der Waals surface area contributed by atoms with Gasteiger partial charge in [0.25, 0.3) is 0 Å². The molecule has 4 aromatic rings. The van der Waals surface area contributed by atoms with Crippen molar-refractivity contribution < 1.29 is 18.7 Å². The quantitative estimate of drug-likeness (QED) is 0.535. The molecule has 146 valence electrons. The number of hydrogen-bond acceptors (Lipinski definition) is 4. The highest BCUT2D eigenvalue weighted by Gasteiger charge is 2.17. The topological polar surface area (TPSA) is 65.4 Å². The maximum atomic E-state index is 13.4. The van der Waals surface area contributed by atoms with Gasteiger partial charge in [-0.1, -0.05) is 12.1 Å². The van der Waals surface area contributed by atoms with Crippen LogP contribution in [-0.4, -0.2) is 29.8 Å². The van der Waals surface area contributed by atoms with Gasteiger partial charge >= 0.3 is 6.03 Å². The number of halogens is 1. The molecule has 0 atom stereocenters. The smallest absolute Gasteiger partial charge is 0.331 e. The molecule has 29 heavy (non-hydrogen) atoms. The maximum Gasteiger partial charge on any atom is 0.331 e. The predicted octanol–water partition coefficient (Wildman–Crippen LogP) is 4.94. The highest BCUT2D eigenvalue weighted by Crippen LogP contribution is 2.36. The van der Waals surface area contributed by atoms with Gasteiger partial charge in [-0.15, -0.1) is 0 Å². The first-order valence-corrected chi connectivity index (χ1v) is 8.86. The van der Waals surface area contributed by atoms with E-state index in [4.69, 9.17) is 9.47 Å². The van der Waals surface area contributed by atoms with E-state index in [0.717, 1.165) is 16.5 Å². The molecule has 0 unspecified atom stereocenters. The van der Waals surface area contributed by atoms with Crippen LogP contribution < -0.4 is 14.8 Å². The van der Waals surface area contributed by atoms with Crippen molar-refractivity contribution in [3.63, 3.8) is 0 Å². The van der Waals surface area contributed by atoms with E-state index in [9.17, 15) is 9.18 Å². The number of carbonyl (C=O) groups excluding carboxylic acids is 1. The molecule has 2 heterocycles. The fourth-order valence-electron chi connectivity index (χ4n) is 3.20. The summed E-state index contributed by atoms with van der Waals surface area (Å²) in [6.45, 7) is 0. The van der Waals surface area contributed by atoms with Crippen LogP contribution >= 0.6 is 0 Å². The van der Waals surface area contributed by atoms with Crippen LogP contribution in [0.4, 0.5) is 14.9 Å². The molecule has 2 aromatic heterocycles. The number of rotatable bonds is 4. The Morgan fingerprint density at radius 1 is 1.03 bits per heavy atom. The molecule has 0 fully saturated rings. The van der Waals surface area contributed by atoms with E-state index in [-0.39, 0.29) is 0 Å².